The van der Waals surface area contributed by atoms with Gasteiger partial charge >= 0.3 is 0 Å². The lowest BCUT2D eigenvalue weighted by Gasteiger charge is -2.18. The molecular weight excluding hydrogens is 188 g/mol. The monoisotopic (exact) mass is 200 g/mol. The van der Waals surface area contributed by atoms with Crippen LogP contribution in [0.4, 0.5) is 5.69 Å². The maximum atomic E-state index is 11.0. The average molecular weight is 200 g/mol. The predicted octanol–water partition coefficient (Wildman–Crippen LogP) is 2.22. The third-order valence-corrected chi connectivity index (χ3v) is 2.24. The van der Waals surface area contributed by atoms with Crippen LogP contribution in [0.2, 0.25) is 0 Å². The van der Waals surface area contributed by atoms with Crippen LogP contribution in [0.1, 0.15) is 5.56 Å². The molecule has 0 aliphatic rings. The van der Waals surface area contributed by atoms with E-state index in [1.807, 2.05) is 55.7 Å². The largest absolute Gasteiger partial charge is 0.276 e. The van der Waals surface area contributed by atoms with E-state index < -0.39 is 0 Å². The van der Waals surface area contributed by atoms with Crippen LogP contribution in [0.15, 0.2) is 48.8 Å². The lowest BCUT2D eigenvalue weighted by molar-refractivity contribution is -0.108. The molecule has 1 heterocycles. The minimum absolute atomic E-state index is 0.796. The molecule has 0 N–H and O–H groups in total. The first-order valence-corrected chi connectivity index (χ1v) is 4.76. The number of rotatable bonds is 3. The van der Waals surface area contributed by atoms with Crippen LogP contribution in [-0.4, -0.2) is 11.1 Å². The quantitative estimate of drug-likeness (QED) is 0.697. The zero-order valence-electron chi connectivity index (χ0n) is 8.50. The summed E-state index contributed by atoms with van der Waals surface area (Å²) in [5.74, 6) is 0. The van der Waals surface area contributed by atoms with Crippen molar-refractivity contribution in [3.63, 3.8) is 0 Å². The predicted molar refractivity (Wildman–Crippen MR) is 59.6 cm³/mol. The molecule has 0 bridgehead atoms. The fourth-order valence-corrected chi connectivity index (χ4v) is 1.42. The van der Waals surface area contributed by atoms with Gasteiger partial charge in [-0.3, -0.25) is 9.47 Å². The average Bonchev–Trinajstić information content (AvgIpc) is 2.75. The van der Waals surface area contributed by atoms with E-state index in [1.165, 1.54) is 5.56 Å². The van der Waals surface area contributed by atoms with E-state index in [0.29, 0.717) is 0 Å². The Bertz CT molecular complexity index is 431. The van der Waals surface area contributed by atoms with Crippen LogP contribution in [0, 0.1) is 6.92 Å². The SMILES string of the molecule is Cc1ccc(N(C=O)n2cccc2)cc1. The summed E-state index contributed by atoms with van der Waals surface area (Å²) in [6.07, 6.45) is 4.45. The van der Waals surface area contributed by atoms with E-state index >= 15 is 0 Å². The highest BCUT2D eigenvalue weighted by Gasteiger charge is 2.04. The number of carbonyl (C=O) groups is 1. The number of amides is 1. The van der Waals surface area contributed by atoms with Gasteiger partial charge in [0.2, 0.25) is 6.41 Å². The van der Waals surface area contributed by atoms with E-state index in [0.717, 1.165) is 12.1 Å². The third kappa shape index (κ3) is 1.91. The number of hydrogen-bond acceptors (Lipinski definition) is 1. The molecule has 15 heavy (non-hydrogen) atoms. The highest BCUT2D eigenvalue weighted by Crippen LogP contribution is 2.14. The molecule has 0 radical (unpaired) electrons. The fourth-order valence-electron chi connectivity index (χ4n) is 1.42. The maximum Gasteiger partial charge on any atom is 0.233 e. The van der Waals surface area contributed by atoms with Crippen molar-refractivity contribution in [2.45, 2.75) is 6.92 Å². The molecule has 0 aliphatic heterocycles. The fraction of sp³-hybridized carbons (Fsp3) is 0.0833. The van der Waals surface area contributed by atoms with Crippen LogP contribution in [0.25, 0.3) is 0 Å². The second kappa shape index (κ2) is 4.00. The molecule has 2 rings (SSSR count). The van der Waals surface area contributed by atoms with Crippen molar-refractivity contribution in [3.8, 4) is 0 Å². The molecule has 0 saturated heterocycles. The molecule has 0 aliphatic carbocycles. The van der Waals surface area contributed by atoms with Crippen LogP contribution in [0.3, 0.4) is 0 Å². The molecule has 0 spiro atoms. The molecule has 1 aromatic carbocycles. The van der Waals surface area contributed by atoms with Crippen molar-refractivity contribution in [1.82, 2.24) is 4.68 Å². The van der Waals surface area contributed by atoms with Crippen molar-refractivity contribution < 1.29 is 4.79 Å². The topological polar surface area (TPSA) is 25.2 Å². The molecule has 0 fully saturated rings. The Kier molecular flexibility index (Phi) is 2.54. The van der Waals surface area contributed by atoms with Crippen molar-refractivity contribution in [2.24, 2.45) is 0 Å². The van der Waals surface area contributed by atoms with Crippen molar-refractivity contribution >= 4 is 12.1 Å². The first-order valence-electron chi connectivity index (χ1n) is 4.76. The first-order chi connectivity index (χ1) is 7.31. The Balaban J connectivity index is 2.35. The minimum Gasteiger partial charge on any atom is -0.276 e. The normalized spacial score (nSPS) is 9.93. The van der Waals surface area contributed by atoms with E-state index in [9.17, 15) is 4.79 Å². The summed E-state index contributed by atoms with van der Waals surface area (Å²) in [5.41, 5.74) is 2.03. The summed E-state index contributed by atoms with van der Waals surface area (Å²) in [7, 11) is 0. The van der Waals surface area contributed by atoms with Gasteiger partial charge in [0.15, 0.2) is 0 Å². The number of carbonyl (C=O) groups excluding carboxylic acids is 1. The zero-order chi connectivity index (χ0) is 10.7. The second-order valence-corrected chi connectivity index (χ2v) is 3.35. The van der Waals surface area contributed by atoms with Crippen molar-refractivity contribution in [2.75, 3.05) is 5.01 Å². The van der Waals surface area contributed by atoms with Gasteiger partial charge in [-0.25, -0.2) is 5.01 Å². The Morgan fingerprint density at radius 1 is 1.13 bits per heavy atom. The molecule has 3 nitrogen and oxygen atoms in total. The first kappa shape index (κ1) is 9.52. The van der Waals surface area contributed by atoms with E-state index in [4.69, 9.17) is 0 Å². The number of aryl methyl sites for hydroxylation is 1. The number of anilines is 1. The van der Waals surface area contributed by atoms with Gasteiger partial charge in [0.1, 0.15) is 0 Å². The molecule has 0 unspecified atom stereocenters. The third-order valence-electron chi connectivity index (χ3n) is 2.24. The van der Waals surface area contributed by atoms with Gasteiger partial charge < -0.3 is 0 Å². The van der Waals surface area contributed by atoms with Crippen LogP contribution in [0.5, 0.6) is 0 Å². The molecule has 0 atom stereocenters. The summed E-state index contributed by atoms with van der Waals surface area (Å²) in [5, 5.41) is 1.54. The summed E-state index contributed by atoms with van der Waals surface area (Å²) in [6.45, 7) is 2.02. The smallest absolute Gasteiger partial charge is 0.233 e. The molecule has 1 aromatic heterocycles. The summed E-state index contributed by atoms with van der Waals surface area (Å²) < 4.78 is 1.73. The summed E-state index contributed by atoms with van der Waals surface area (Å²) in [6, 6.07) is 11.6. The highest BCUT2D eigenvalue weighted by molar-refractivity contribution is 5.74. The van der Waals surface area contributed by atoms with Crippen LogP contribution in [-0.2, 0) is 4.79 Å². The summed E-state index contributed by atoms with van der Waals surface area (Å²) in [4.78, 5) is 11.0. The Morgan fingerprint density at radius 3 is 2.27 bits per heavy atom. The Hall–Kier alpha value is -2.03. The molecule has 3 heteroatoms. The van der Waals surface area contributed by atoms with Gasteiger partial charge in [-0.2, -0.15) is 0 Å². The van der Waals surface area contributed by atoms with E-state index in [2.05, 4.69) is 0 Å². The maximum absolute atomic E-state index is 11.0. The van der Waals surface area contributed by atoms with Gasteiger partial charge in [-0.1, -0.05) is 17.7 Å². The standard InChI is InChI=1S/C12H12N2O/c1-11-4-6-12(7-5-11)14(10-15)13-8-2-3-9-13/h2-10H,1H3. The molecule has 76 valence electrons. The van der Waals surface area contributed by atoms with Crippen molar-refractivity contribution in [1.29, 1.82) is 0 Å². The number of hydrogen-bond donors (Lipinski definition) is 0. The van der Waals surface area contributed by atoms with Gasteiger partial charge in [-0.15, -0.1) is 0 Å². The van der Waals surface area contributed by atoms with Crippen LogP contribution >= 0.6 is 0 Å². The van der Waals surface area contributed by atoms with Gasteiger partial charge in [0.05, 0.1) is 5.69 Å². The summed E-state index contributed by atoms with van der Waals surface area (Å²) >= 11 is 0. The zero-order valence-corrected chi connectivity index (χ0v) is 8.50. The molecule has 1 amide bonds. The molecule has 2 aromatic rings. The van der Waals surface area contributed by atoms with E-state index in [-0.39, 0.29) is 0 Å². The Labute approximate surface area is 88.5 Å². The van der Waals surface area contributed by atoms with Gasteiger partial charge in [-0.05, 0) is 31.2 Å². The van der Waals surface area contributed by atoms with Gasteiger partial charge in [0, 0.05) is 12.4 Å². The lowest BCUT2D eigenvalue weighted by atomic mass is 10.2. The molecule has 0 saturated carbocycles. The second-order valence-electron chi connectivity index (χ2n) is 3.35. The number of aromatic nitrogens is 1. The van der Waals surface area contributed by atoms with Crippen LogP contribution < -0.4 is 5.01 Å². The number of nitrogens with zero attached hydrogens (tertiary/aromatic N) is 2. The Morgan fingerprint density at radius 2 is 1.73 bits per heavy atom. The minimum atomic E-state index is 0.796. The van der Waals surface area contributed by atoms with Crippen molar-refractivity contribution in [3.05, 3.63) is 54.4 Å². The number of benzene rings is 1. The molecular formula is C12H12N2O. The lowest BCUT2D eigenvalue weighted by Crippen LogP contribution is -2.26. The highest BCUT2D eigenvalue weighted by atomic mass is 16.1. The van der Waals surface area contributed by atoms with Gasteiger partial charge in [0.25, 0.3) is 0 Å². The van der Waals surface area contributed by atoms with E-state index in [1.54, 1.807) is 9.69 Å².